The van der Waals surface area contributed by atoms with Crippen LogP contribution >= 0.6 is 0 Å². The van der Waals surface area contributed by atoms with Crippen LogP contribution in [-0.4, -0.2) is 21.5 Å². The van der Waals surface area contributed by atoms with Gasteiger partial charge in [-0.2, -0.15) is 8.42 Å². The van der Waals surface area contributed by atoms with E-state index >= 15 is 0 Å². The maximum Gasteiger partial charge on any atom is 0.339 e. The molecule has 6 heteroatoms. The molecule has 0 fully saturated rings. The summed E-state index contributed by atoms with van der Waals surface area (Å²) < 4.78 is 34.5. The van der Waals surface area contributed by atoms with Crippen molar-refractivity contribution in [2.45, 2.75) is 11.8 Å². The molecule has 0 spiro atoms. The first kappa shape index (κ1) is 16.8. The highest BCUT2D eigenvalue weighted by atomic mass is 32.2. The van der Waals surface area contributed by atoms with Crippen LogP contribution < -0.4 is 0 Å². The molecule has 23 heavy (non-hydrogen) atoms. The summed E-state index contributed by atoms with van der Waals surface area (Å²) in [4.78, 5) is 11.5. The van der Waals surface area contributed by atoms with Crippen molar-refractivity contribution in [2.75, 3.05) is 7.11 Å². The Kier molecular flexibility index (Phi) is 5.18. The van der Waals surface area contributed by atoms with Crippen molar-refractivity contribution >= 4 is 21.8 Å². The normalized spacial score (nSPS) is 11.8. The number of carbonyl (C=O) groups is 1. The first-order valence-electron chi connectivity index (χ1n) is 6.78. The molecule has 120 valence electrons. The Hall–Kier alpha value is -2.60. The largest absolute Gasteiger partial charge is 0.466 e. The minimum Gasteiger partial charge on any atom is -0.466 e. The quantitative estimate of drug-likeness (QED) is 0.364. The molecule has 0 unspecified atom stereocenters. The van der Waals surface area contributed by atoms with Gasteiger partial charge in [0.15, 0.2) is 5.76 Å². The molecule has 2 aromatic rings. The fourth-order valence-electron chi connectivity index (χ4n) is 1.80. The third-order valence-electron chi connectivity index (χ3n) is 3.02. The minimum absolute atomic E-state index is 0.00907. The molecule has 2 aromatic carbocycles. The van der Waals surface area contributed by atoms with E-state index in [-0.39, 0.29) is 10.7 Å². The predicted octanol–water partition coefficient (Wildman–Crippen LogP) is 2.91. The van der Waals surface area contributed by atoms with Gasteiger partial charge in [0.05, 0.1) is 13.2 Å². The molecular formula is C17H16O5S. The van der Waals surface area contributed by atoms with Gasteiger partial charge in [0.2, 0.25) is 0 Å². The number of methoxy groups -OCH3 is 1. The predicted molar refractivity (Wildman–Crippen MR) is 85.9 cm³/mol. The van der Waals surface area contributed by atoms with E-state index in [1.54, 1.807) is 42.5 Å². The van der Waals surface area contributed by atoms with Gasteiger partial charge >= 0.3 is 16.1 Å². The van der Waals surface area contributed by atoms with Crippen LogP contribution in [0.5, 0.6) is 0 Å². The van der Waals surface area contributed by atoms with Crippen molar-refractivity contribution in [1.82, 2.24) is 0 Å². The molecule has 0 atom stereocenters. The minimum atomic E-state index is -4.05. The van der Waals surface area contributed by atoms with E-state index in [1.165, 1.54) is 19.2 Å². The molecule has 2 rings (SSSR count). The van der Waals surface area contributed by atoms with Gasteiger partial charge < -0.3 is 8.92 Å². The summed E-state index contributed by atoms with van der Waals surface area (Å²) in [7, 11) is -2.85. The van der Waals surface area contributed by atoms with Crippen molar-refractivity contribution in [3.05, 3.63) is 71.8 Å². The Bertz CT molecular complexity index is 806. The van der Waals surface area contributed by atoms with E-state index in [0.717, 1.165) is 11.6 Å². The van der Waals surface area contributed by atoms with Crippen molar-refractivity contribution in [2.24, 2.45) is 0 Å². The van der Waals surface area contributed by atoms with Crippen molar-refractivity contribution in [3.63, 3.8) is 0 Å². The van der Waals surface area contributed by atoms with Crippen LogP contribution in [0.4, 0.5) is 0 Å². The second-order valence-corrected chi connectivity index (χ2v) is 6.29. The Morgan fingerprint density at radius 3 is 2.17 bits per heavy atom. The molecule has 0 aliphatic rings. The van der Waals surface area contributed by atoms with Crippen LogP contribution in [0, 0.1) is 6.92 Å². The number of esters is 1. The Balaban J connectivity index is 2.39. The Morgan fingerprint density at radius 1 is 1.00 bits per heavy atom. The van der Waals surface area contributed by atoms with Crippen molar-refractivity contribution in [1.29, 1.82) is 0 Å². The number of benzene rings is 2. The average Bonchev–Trinajstić information content (AvgIpc) is 2.55. The lowest BCUT2D eigenvalue weighted by atomic mass is 10.2. The first-order valence-corrected chi connectivity index (χ1v) is 8.19. The van der Waals surface area contributed by atoms with Crippen molar-refractivity contribution < 1.29 is 22.1 Å². The van der Waals surface area contributed by atoms with Gasteiger partial charge in [-0.15, -0.1) is 0 Å². The summed E-state index contributed by atoms with van der Waals surface area (Å²) in [5, 5.41) is 0. The Morgan fingerprint density at radius 2 is 1.61 bits per heavy atom. The highest BCUT2D eigenvalue weighted by Crippen LogP contribution is 2.23. The molecule has 0 saturated heterocycles. The number of aryl methyl sites for hydroxylation is 1. The van der Waals surface area contributed by atoms with Gasteiger partial charge in [-0.25, -0.2) is 4.79 Å². The van der Waals surface area contributed by atoms with Crippen LogP contribution in [-0.2, 0) is 23.8 Å². The summed E-state index contributed by atoms with van der Waals surface area (Å²) in [5.41, 5.74) is 1.38. The Labute approximate surface area is 135 Å². The SMILES string of the molecule is COC(=O)/C=C(/OS(=O)(=O)c1ccc(C)cc1)c1ccccc1. The summed E-state index contributed by atoms with van der Waals surface area (Å²) in [6.07, 6.45) is 1.00. The summed E-state index contributed by atoms with van der Waals surface area (Å²) in [5.74, 6) is -0.805. The number of hydrogen-bond donors (Lipinski definition) is 0. The second kappa shape index (κ2) is 7.11. The monoisotopic (exact) mass is 332 g/mol. The average molecular weight is 332 g/mol. The van der Waals surface area contributed by atoms with Crippen molar-refractivity contribution in [3.8, 4) is 0 Å². The molecule has 0 aliphatic carbocycles. The lowest BCUT2D eigenvalue weighted by Gasteiger charge is -2.11. The maximum atomic E-state index is 12.4. The van der Waals surface area contributed by atoms with Gasteiger partial charge in [-0.3, -0.25) is 0 Å². The zero-order valence-corrected chi connectivity index (χ0v) is 13.5. The van der Waals surface area contributed by atoms with E-state index in [4.69, 9.17) is 4.18 Å². The smallest absolute Gasteiger partial charge is 0.339 e. The van der Waals surface area contributed by atoms with Crippen LogP contribution in [0.15, 0.2) is 65.6 Å². The number of rotatable bonds is 5. The lowest BCUT2D eigenvalue weighted by molar-refractivity contribution is -0.134. The van der Waals surface area contributed by atoms with Crippen LogP contribution in [0.2, 0.25) is 0 Å². The number of ether oxygens (including phenoxy) is 1. The number of hydrogen-bond acceptors (Lipinski definition) is 5. The zero-order chi connectivity index (χ0) is 16.9. The maximum absolute atomic E-state index is 12.4. The summed E-state index contributed by atoms with van der Waals surface area (Å²) >= 11 is 0. The van der Waals surface area contributed by atoms with E-state index in [1.807, 2.05) is 6.92 Å². The van der Waals surface area contributed by atoms with E-state index in [2.05, 4.69) is 4.74 Å². The molecule has 5 nitrogen and oxygen atoms in total. The van der Waals surface area contributed by atoms with Crippen LogP contribution in [0.1, 0.15) is 11.1 Å². The third-order valence-corrected chi connectivity index (χ3v) is 4.27. The zero-order valence-electron chi connectivity index (χ0n) is 12.7. The van der Waals surface area contributed by atoms with Gasteiger partial charge in [0.25, 0.3) is 0 Å². The molecule has 0 radical (unpaired) electrons. The van der Waals surface area contributed by atoms with Crippen LogP contribution in [0.3, 0.4) is 0 Å². The molecule has 0 heterocycles. The van der Waals surface area contributed by atoms with Gasteiger partial charge in [0, 0.05) is 5.56 Å². The molecule has 0 amide bonds. The van der Waals surface area contributed by atoms with Crippen LogP contribution in [0.25, 0.3) is 5.76 Å². The highest BCUT2D eigenvalue weighted by molar-refractivity contribution is 7.87. The molecule has 0 saturated carbocycles. The van der Waals surface area contributed by atoms with Gasteiger partial charge in [0.1, 0.15) is 4.90 Å². The standard InChI is InChI=1S/C17H16O5S/c1-13-8-10-15(11-9-13)23(19,20)22-16(12-17(18)21-2)14-6-4-3-5-7-14/h3-12H,1-2H3/b16-12+. The molecule has 0 bridgehead atoms. The second-order valence-electron chi connectivity index (χ2n) is 4.75. The fourth-order valence-corrected chi connectivity index (χ4v) is 2.74. The third kappa shape index (κ3) is 4.43. The molecule has 0 N–H and O–H groups in total. The fraction of sp³-hybridized carbons (Fsp3) is 0.118. The molecular weight excluding hydrogens is 316 g/mol. The summed E-state index contributed by atoms with van der Waals surface area (Å²) in [6, 6.07) is 14.7. The first-order chi connectivity index (χ1) is 10.9. The topological polar surface area (TPSA) is 69.7 Å². The molecule has 0 aromatic heterocycles. The van der Waals surface area contributed by atoms with Gasteiger partial charge in [-0.05, 0) is 19.1 Å². The summed E-state index contributed by atoms with van der Waals surface area (Å²) in [6.45, 7) is 1.85. The van der Waals surface area contributed by atoms with Gasteiger partial charge in [-0.1, -0.05) is 48.0 Å². The van der Waals surface area contributed by atoms with E-state index in [0.29, 0.717) is 5.56 Å². The highest BCUT2D eigenvalue weighted by Gasteiger charge is 2.19. The van der Waals surface area contributed by atoms with E-state index in [9.17, 15) is 13.2 Å². The van der Waals surface area contributed by atoms with E-state index < -0.39 is 16.1 Å². The lowest BCUT2D eigenvalue weighted by Crippen LogP contribution is -2.08. The molecule has 0 aliphatic heterocycles. The number of carbonyl (C=O) groups excluding carboxylic acids is 1.